The highest BCUT2D eigenvalue weighted by atomic mass is 32.2. The van der Waals surface area contributed by atoms with Gasteiger partial charge in [0.2, 0.25) is 0 Å². The van der Waals surface area contributed by atoms with Crippen LogP contribution in [0.25, 0.3) is 9.81 Å². The zero-order valence-electron chi connectivity index (χ0n) is 17.9. The highest BCUT2D eigenvalue weighted by Crippen LogP contribution is 2.39. The van der Waals surface area contributed by atoms with Crippen LogP contribution in [0.15, 0.2) is 133 Å². The summed E-state index contributed by atoms with van der Waals surface area (Å²) in [5.74, 6) is -0.160. The summed E-state index contributed by atoms with van der Waals surface area (Å²) in [6.45, 7) is 0. The molecule has 0 aromatic heterocycles. The molecule has 0 saturated heterocycles. The van der Waals surface area contributed by atoms with E-state index in [-0.39, 0.29) is 11.6 Å². The van der Waals surface area contributed by atoms with Gasteiger partial charge in [0.15, 0.2) is 11.6 Å². The van der Waals surface area contributed by atoms with E-state index < -0.39 is 0 Å². The fraction of sp³-hybridized carbons (Fsp3) is 0. The third-order valence-electron chi connectivity index (χ3n) is 4.98. The van der Waals surface area contributed by atoms with Crippen molar-refractivity contribution in [3.8, 4) is 0 Å². The minimum atomic E-state index is -0.0799. The average molecular weight is 447 g/mol. The van der Waals surface area contributed by atoms with E-state index in [0.29, 0.717) is 11.1 Å². The van der Waals surface area contributed by atoms with Crippen LogP contribution < -0.4 is 0 Å². The Morgan fingerprint density at radius 2 is 0.697 bits per heavy atom. The van der Waals surface area contributed by atoms with E-state index in [1.54, 1.807) is 36.4 Å². The van der Waals surface area contributed by atoms with Crippen molar-refractivity contribution >= 4 is 33.1 Å². The number of ketones is 2. The fourth-order valence-corrected chi connectivity index (χ4v) is 4.35. The van der Waals surface area contributed by atoms with Gasteiger partial charge in [0.05, 0.1) is 0 Å². The first-order chi connectivity index (χ1) is 16.2. The van der Waals surface area contributed by atoms with E-state index in [4.69, 9.17) is 0 Å². The summed E-state index contributed by atoms with van der Waals surface area (Å²) in [6, 6.07) is 37.9. The second kappa shape index (κ2) is 11.1. The molecule has 0 amide bonds. The van der Waals surface area contributed by atoms with E-state index in [9.17, 15) is 9.59 Å². The lowest BCUT2D eigenvalue weighted by Crippen LogP contribution is -1.97. The molecule has 4 aromatic carbocycles. The molecule has 0 saturated carbocycles. The Morgan fingerprint density at radius 3 is 1.00 bits per heavy atom. The van der Waals surface area contributed by atoms with Crippen molar-refractivity contribution in [1.82, 2.24) is 0 Å². The van der Waals surface area contributed by atoms with Gasteiger partial charge in [0.1, 0.15) is 0 Å². The maximum absolute atomic E-state index is 13.0. The summed E-state index contributed by atoms with van der Waals surface area (Å²) in [6.07, 6.45) is 3.30. The van der Waals surface area contributed by atoms with E-state index in [1.165, 1.54) is 11.8 Å². The van der Waals surface area contributed by atoms with Crippen LogP contribution in [-0.4, -0.2) is 11.6 Å². The second-order valence-electron chi connectivity index (χ2n) is 7.31. The molecule has 0 heterocycles. The number of rotatable bonds is 8. The molecule has 0 aliphatic carbocycles. The highest BCUT2D eigenvalue weighted by molar-refractivity contribution is 8.16. The Hall–Kier alpha value is -3.95. The van der Waals surface area contributed by atoms with Crippen molar-refractivity contribution in [2.45, 2.75) is 0 Å². The SMILES string of the molecule is O=C(C=C(SC(=CC(=O)c1ccccc1)c1ccccc1)c1ccccc1)c1ccccc1. The van der Waals surface area contributed by atoms with E-state index >= 15 is 0 Å². The van der Waals surface area contributed by atoms with Crippen molar-refractivity contribution in [2.24, 2.45) is 0 Å². The predicted octanol–water partition coefficient (Wildman–Crippen LogP) is 7.57. The zero-order chi connectivity index (χ0) is 22.9. The normalized spacial score (nSPS) is 11.8. The minimum Gasteiger partial charge on any atom is -0.289 e. The first-order valence-electron chi connectivity index (χ1n) is 10.6. The third-order valence-corrected chi connectivity index (χ3v) is 6.12. The second-order valence-corrected chi connectivity index (χ2v) is 8.40. The molecule has 0 aliphatic heterocycles. The Balaban J connectivity index is 1.76. The van der Waals surface area contributed by atoms with Crippen LogP contribution in [0, 0.1) is 0 Å². The summed E-state index contributed by atoms with van der Waals surface area (Å²) in [5, 5.41) is 0. The number of carbonyl (C=O) groups excluding carboxylic acids is 2. The standard InChI is InChI=1S/C30H22O2S/c31-27(23-13-5-1-6-14-23)21-29(25-17-9-3-10-18-25)33-30(26-19-11-4-12-20-26)22-28(32)24-15-7-2-8-16-24/h1-22H. The van der Waals surface area contributed by atoms with Crippen LogP contribution in [0.4, 0.5) is 0 Å². The molecule has 0 unspecified atom stereocenters. The van der Waals surface area contributed by atoms with Gasteiger partial charge < -0.3 is 0 Å². The van der Waals surface area contributed by atoms with Crippen LogP contribution in [0.5, 0.6) is 0 Å². The molecule has 4 rings (SSSR count). The molecule has 0 bridgehead atoms. The van der Waals surface area contributed by atoms with Gasteiger partial charge >= 0.3 is 0 Å². The third kappa shape index (κ3) is 6.06. The summed E-state index contributed by atoms with van der Waals surface area (Å²) in [4.78, 5) is 27.6. The smallest absolute Gasteiger partial charge is 0.186 e. The number of hydrogen-bond donors (Lipinski definition) is 0. The van der Waals surface area contributed by atoms with Crippen molar-refractivity contribution in [3.05, 3.63) is 156 Å². The van der Waals surface area contributed by atoms with Crippen LogP contribution in [0.3, 0.4) is 0 Å². The average Bonchev–Trinajstić information content (AvgIpc) is 2.89. The lowest BCUT2D eigenvalue weighted by atomic mass is 10.1. The number of hydrogen-bond acceptors (Lipinski definition) is 3. The molecule has 0 radical (unpaired) electrons. The van der Waals surface area contributed by atoms with E-state index in [2.05, 4.69) is 0 Å². The predicted molar refractivity (Wildman–Crippen MR) is 138 cm³/mol. The minimum absolute atomic E-state index is 0.0799. The van der Waals surface area contributed by atoms with E-state index in [1.807, 2.05) is 97.1 Å². The first-order valence-corrected chi connectivity index (χ1v) is 11.4. The molecule has 3 heteroatoms. The summed E-state index contributed by atoms with van der Waals surface area (Å²) >= 11 is 1.42. The van der Waals surface area contributed by atoms with Gasteiger partial charge in [-0.05, 0) is 11.1 Å². The zero-order valence-corrected chi connectivity index (χ0v) is 18.7. The van der Waals surface area contributed by atoms with Crippen LogP contribution in [0.1, 0.15) is 31.8 Å². The van der Waals surface area contributed by atoms with Crippen molar-refractivity contribution in [2.75, 3.05) is 0 Å². The van der Waals surface area contributed by atoms with Gasteiger partial charge in [-0.25, -0.2) is 0 Å². The molecule has 160 valence electrons. The van der Waals surface area contributed by atoms with Gasteiger partial charge in [-0.1, -0.05) is 133 Å². The van der Waals surface area contributed by atoms with Crippen LogP contribution in [-0.2, 0) is 0 Å². The fourth-order valence-electron chi connectivity index (χ4n) is 3.28. The van der Waals surface area contributed by atoms with Gasteiger partial charge in [-0.3, -0.25) is 9.59 Å². The monoisotopic (exact) mass is 446 g/mol. The first kappa shape index (κ1) is 22.3. The van der Waals surface area contributed by atoms with Gasteiger partial charge in [0.25, 0.3) is 0 Å². The molecule has 0 aliphatic rings. The molecule has 0 spiro atoms. The largest absolute Gasteiger partial charge is 0.289 e. The highest BCUT2D eigenvalue weighted by Gasteiger charge is 2.14. The number of carbonyl (C=O) groups is 2. The molecule has 33 heavy (non-hydrogen) atoms. The molecular formula is C30H22O2S. The Labute approximate surface area is 198 Å². The lowest BCUT2D eigenvalue weighted by Gasteiger charge is -2.12. The Morgan fingerprint density at radius 1 is 0.424 bits per heavy atom. The van der Waals surface area contributed by atoms with Gasteiger partial charge in [-0.15, -0.1) is 0 Å². The Bertz CT molecular complexity index is 1170. The van der Waals surface area contributed by atoms with Crippen molar-refractivity contribution < 1.29 is 9.59 Å². The van der Waals surface area contributed by atoms with Gasteiger partial charge in [-0.2, -0.15) is 0 Å². The quantitative estimate of drug-likeness (QED) is 0.207. The maximum atomic E-state index is 13.0. The topological polar surface area (TPSA) is 34.1 Å². The molecule has 0 fully saturated rings. The van der Waals surface area contributed by atoms with E-state index in [0.717, 1.165) is 20.9 Å². The lowest BCUT2D eigenvalue weighted by molar-refractivity contribution is 0.103. The van der Waals surface area contributed by atoms with Crippen LogP contribution >= 0.6 is 11.8 Å². The van der Waals surface area contributed by atoms with Gasteiger partial charge in [0, 0.05) is 33.1 Å². The molecule has 0 N–H and O–H groups in total. The molecular weight excluding hydrogens is 424 g/mol. The van der Waals surface area contributed by atoms with Crippen molar-refractivity contribution in [3.63, 3.8) is 0 Å². The Kier molecular flexibility index (Phi) is 7.47. The van der Waals surface area contributed by atoms with Crippen molar-refractivity contribution in [1.29, 1.82) is 0 Å². The number of benzene rings is 4. The molecule has 0 atom stereocenters. The number of thioether (sulfide) groups is 1. The van der Waals surface area contributed by atoms with Crippen LogP contribution in [0.2, 0.25) is 0 Å². The summed E-state index contributed by atoms with van der Waals surface area (Å²) in [5.41, 5.74) is 3.08. The maximum Gasteiger partial charge on any atom is 0.186 e. The number of allylic oxidation sites excluding steroid dienone is 2. The summed E-state index contributed by atoms with van der Waals surface area (Å²) < 4.78 is 0. The molecule has 4 aromatic rings. The molecule has 2 nitrogen and oxygen atoms in total. The summed E-state index contributed by atoms with van der Waals surface area (Å²) in [7, 11) is 0.